The molecule has 2 saturated heterocycles. The molecule has 7 heteroatoms. The minimum absolute atomic E-state index is 0.0841. The van der Waals surface area contributed by atoms with Crippen LogP contribution in [0.1, 0.15) is 72.9 Å². The largest absolute Gasteiger partial charge is 0.322 e. The number of imide groups is 1. The minimum Gasteiger partial charge on any atom is -0.322 e. The normalized spacial score (nSPS) is 26.3. The minimum atomic E-state index is -0.557. The SMILES string of the molecule is O=C1CCC(N2Cc3cccc(CNC4CCC5(CCNCC5)CC4)c3C2=O)C(=O)N1. The van der Waals surface area contributed by atoms with Crippen molar-refractivity contribution in [1.82, 2.24) is 20.9 Å². The highest BCUT2D eigenvalue weighted by atomic mass is 16.2. The second-order valence-corrected chi connectivity index (χ2v) is 9.76. The highest BCUT2D eigenvalue weighted by Gasteiger charge is 2.40. The average Bonchev–Trinajstić information content (AvgIpc) is 3.11. The average molecular weight is 425 g/mol. The molecule has 1 aromatic rings. The quantitative estimate of drug-likeness (QED) is 0.642. The summed E-state index contributed by atoms with van der Waals surface area (Å²) in [7, 11) is 0. The lowest BCUT2D eigenvalue weighted by Crippen LogP contribution is -2.52. The third kappa shape index (κ3) is 4.01. The summed E-state index contributed by atoms with van der Waals surface area (Å²) >= 11 is 0. The molecule has 4 aliphatic rings. The summed E-state index contributed by atoms with van der Waals surface area (Å²) in [5.41, 5.74) is 3.28. The molecule has 1 aromatic carbocycles. The highest BCUT2D eigenvalue weighted by Crippen LogP contribution is 2.43. The summed E-state index contributed by atoms with van der Waals surface area (Å²) in [6.45, 7) is 3.42. The first kappa shape index (κ1) is 20.6. The fourth-order valence-electron chi connectivity index (χ4n) is 5.98. The molecule has 3 fully saturated rings. The van der Waals surface area contributed by atoms with Gasteiger partial charge < -0.3 is 15.5 Å². The Labute approximate surface area is 183 Å². The highest BCUT2D eigenvalue weighted by molar-refractivity contribution is 6.05. The summed E-state index contributed by atoms with van der Waals surface area (Å²) in [6.07, 6.45) is 8.27. The molecule has 0 aromatic heterocycles. The smallest absolute Gasteiger partial charge is 0.255 e. The van der Waals surface area contributed by atoms with Crippen LogP contribution in [0.4, 0.5) is 0 Å². The van der Waals surface area contributed by atoms with Crippen molar-refractivity contribution >= 4 is 17.7 Å². The van der Waals surface area contributed by atoms with Crippen LogP contribution in [0, 0.1) is 5.41 Å². The lowest BCUT2D eigenvalue weighted by Gasteiger charge is -2.43. The van der Waals surface area contributed by atoms with E-state index in [1.165, 1.54) is 38.5 Å². The van der Waals surface area contributed by atoms with Gasteiger partial charge in [-0.3, -0.25) is 19.7 Å². The Morgan fingerprint density at radius 3 is 2.55 bits per heavy atom. The molecule has 3 amide bonds. The maximum Gasteiger partial charge on any atom is 0.255 e. The van der Waals surface area contributed by atoms with Gasteiger partial charge in [0.05, 0.1) is 0 Å². The van der Waals surface area contributed by atoms with Crippen molar-refractivity contribution in [2.45, 2.75) is 76.5 Å². The van der Waals surface area contributed by atoms with Crippen LogP contribution >= 0.6 is 0 Å². The molecule has 3 heterocycles. The van der Waals surface area contributed by atoms with Crippen molar-refractivity contribution in [2.24, 2.45) is 5.41 Å². The Hall–Kier alpha value is -2.25. The van der Waals surface area contributed by atoms with Crippen LogP contribution in [-0.2, 0) is 22.7 Å². The third-order valence-electron chi connectivity index (χ3n) is 7.93. The monoisotopic (exact) mass is 424 g/mol. The number of nitrogens with zero attached hydrogens (tertiary/aromatic N) is 1. The van der Waals surface area contributed by atoms with Gasteiger partial charge in [0.15, 0.2) is 0 Å². The van der Waals surface area contributed by atoms with Crippen LogP contribution in [0.2, 0.25) is 0 Å². The number of fused-ring (bicyclic) bond motifs is 1. The predicted molar refractivity (Wildman–Crippen MR) is 116 cm³/mol. The molecule has 0 bridgehead atoms. The third-order valence-corrected chi connectivity index (χ3v) is 7.93. The van der Waals surface area contributed by atoms with E-state index in [0.717, 1.165) is 29.8 Å². The van der Waals surface area contributed by atoms with Gasteiger partial charge >= 0.3 is 0 Å². The second kappa shape index (κ2) is 8.36. The van der Waals surface area contributed by atoms with Gasteiger partial charge in [-0.05, 0) is 74.6 Å². The Bertz CT molecular complexity index is 883. The van der Waals surface area contributed by atoms with E-state index in [1.54, 1.807) is 4.90 Å². The van der Waals surface area contributed by atoms with Gasteiger partial charge in [0.25, 0.3) is 5.91 Å². The molecular formula is C24H32N4O3. The molecule has 1 spiro atoms. The van der Waals surface area contributed by atoms with Crippen molar-refractivity contribution in [3.8, 4) is 0 Å². The Balaban J connectivity index is 1.22. The number of hydrogen-bond acceptors (Lipinski definition) is 5. The second-order valence-electron chi connectivity index (χ2n) is 9.76. The van der Waals surface area contributed by atoms with Crippen molar-refractivity contribution in [1.29, 1.82) is 0 Å². The molecule has 1 saturated carbocycles. The first-order chi connectivity index (χ1) is 15.0. The fourth-order valence-corrected chi connectivity index (χ4v) is 5.98. The predicted octanol–water partition coefficient (Wildman–Crippen LogP) is 1.85. The maximum atomic E-state index is 13.2. The van der Waals surface area contributed by atoms with Crippen LogP contribution in [0.15, 0.2) is 18.2 Å². The molecule has 1 unspecified atom stereocenters. The molecule has 166 valence electrons. The van der Waals surface area contributed by atoms with Crippen LogP contribution in [0.5, 0.6) is 0 Å². The van der Waals surface area contributed by atoms with E-state index >= 15 is 0 Å². The number of carbonyl (C=O) groups excluding carboxylic acids is 3. The number of rotatable bonds is 4. The first-order valence-electron chi connectivity index (χ1n) is 11.7. The Kier molecular flexibility index (Phi) is 5.56. The summed E-state index contributed by atoms with van der Waals surface area (Å²) < 4.78 is 0. The summed E-state index contributed by atoms with van der Waals surface area (Å²) in [4.78, 5) is 38.6. The van der Waals surface area contributed by atoms with Crippen molar-refractivity contribution in [3.63, 3.8) is 0 Å². The zero-order valence-electron chi connectivity index (χ0n) is 18.0. The standard InChI is InChI=1S/C24H32N4O3/c29-20-5-4-19(22(30)27-20)28-15-17-3-1-2-16(21(17)23(28)31)14-26-18-6-8-24(9-7-18)10-12-25-13-11-24/h1-3,18-19,25-26H,4-15H2,(H,27,29,30). The zero-order valence-corrected chi connectivity index (χ0v) is 18.0. The van der Waals surface area contributed by atoms with Gasteiger partial charge in [0.2, 0.25) is 11.8 Å². The van der Waals surface area contributed by atoms with E-state index in [1.807, 2.05) is 18.2 Å². The van der Waals surface area contributed by atoms with Crippen LogP contribution in [0.3, 0.4) is 0 Å². The lowest BCUT2D eigenvalue weighted by atomic mass is 9.67. The topological polar surface area (TPSA) is 90.5 Å². The fraction of sp³-hybridized carbons (Fsp3) is 0.625. The Morgan fingerprint density at radius 1 is 1.03 bits per heavy atom. The van der Waals surface area contributed by atoms with Gasteiger partial charge in [-0.1, -0.05) is 18.2 Å². The number of benzene rings is 1. The molecule has 7 nitrogen and oxygen atoms in total. The van der Waals surface area contributed by atoms with Gasteiger partial charge in [-0.25, -0.2) is 0 Å². The maximum absolute atomic E-state index is 13.2. The van der Waals surface area contributed by atoms with E-state index in [0.29, 0.717) is 31.0 Å². The van der Waals surface area contributed by atoms with Crippen molar-refractivity contribution in [3.05, 3.63) is 34.9 Å². The van der Waals surface area contributed by atoms with E-state index in [4.69, 9.17) is 0 Å². The number of hydrogen-bond donors (Lipinski definition) is 3. The molecule has 0 radical (unpaired) electrons. The molecule has 3 aliphatic heterocycles. The molecule has 5 rings (SSSR count). The van der Waals surface area contributed by atoms with Gasteiger partial charge in [0, 0.05) is 31.1 Å². The molecule has 3 N–H and O–H groups in total. The van der Waals surface area contributed by atoms with Crippen LogP contribution in [0.25, 0.3) is 0 Å². The van der Waals surface area contributed by atoms with Gasteiger partial charge in [0.1, 0.15) is 6.04 Å². The van der Waals surface area contributed by atoms with E-state index in [9.17, 15) is 14.4 Å². The number of carbonyl (C=O) groups is 3. The van der Waals surface area contributed by atoms with Gasteiger partial charge in [-0.2, -0.15) is 0 Å². The van der Waals surface area contributed by atoms with E-state index in [-0.39, 0.29) is 24.1 Å². The van der Waals surface area contributed by atoms with Gasteiger partial charge in [-0.15, -0.1) is 0 Å². The van der Waals surface area contributed by atoms with E-state index < -0.39 is 6.04 Å². The zero-order chi connectivity index (χ0) is 21.4. The van der Waals surface area contributed by atoms with E-state index in [2.05, 4.69) is 16.0 Å². The summed E-state index contributed by atoms with van der Waals surface area (Å²) in [5.74, 6) is -0.695. The number of amides is 3. The molecule has 1 aliphatic carbocycles. The van der Waals surface area contributed by atoms with Crippen molar-refractivity contribution in [2.75, 3.05) is 13.1 Å². The molecular weight excluding hydrogens is 392 g/mol. The molecule has 1 atom stereocenters. The molecule has 31 heavy (non-hydrogen) atoms. The first-order valence-corrected chi connectivity index (χ1v) is 11.7. The summed E-state index contributed by atoms with van der Waals surface area (Å²) in [6, 6.07) is 5.94. The lowest BCUT2D eigenvalue weighted by molar-refractivity contribution is -0.136. The number of piperidine rings is 2. The Morgan fingerprint density at radius 2 is 1.81 bits per heavy atom. The summed E-state index contributed by atoms with van der Waals surface area (Å²) in [5, 5.41) is 9.56. The van der Waals surface area contributed by atoms with Crippen LogP contribution in [-0.4, -0.2) is 47.8 Å². The number of nitrogens with one attached hydrogen (secondary N) is 3. The van der Waals surface area contributed by atoms with Crippen molar-refractivity contribution < 1.29 is 14.4 Å². The van der Waals surface area contributed by atoms with Crippen LogP contribution < -0.4 is 16.0 Å².